The maximum Gasteiger partial charge on any atom is 0.362 e. The van der Waals surface area contributed by atoms with Gasteiger partial charge in [-0.2, -0.15) is 0 Å². The molecule has 0 saturated carbocycles. The van der Waals surface area contributed by atoms with E-state index < -0.39 is 5.97 Å². The first-order chi connectivity index (χ1) is 12.1. The molecule has 0 radical (unpaired) electrons. The van der Waals surface area contributed by atoms with E-state index in [1.165, 1.54) is 12.3 Å². The van der Waals surface area contributed by atoms with Crippen molar-refractivity contribution in [2.75, 3.05) is 5.32 Å². The minimum absolute atomic E-state index is 0.119. The molecule has 1 N–H and O–H groups in total. The summed E-state index contributed by atoms with van der Waals surface area (Å²) >= 11 is 5.82. The van der Waals surface area contributed by atoms with E-state index in [1.807, 2.05) is 6.07 Å². The summed E-state index contributed by atoms with van der Waals surface area (Å²) in [4.78, 5) is 28.0. The van der Waals surface area contributed by atoms with Crippen molar-refractivity contribution < 1.29 is 14.3 Å². The van der Waals surface area contributed by atoms with Gasteiger partial charge in [-0.3, -0.25) is 4.79 Å². The highest BCUT2D eigenvalue weighted by atomic mass is 35.5. The molecule has 0 saturated heterocycles. The van der Waals surface area contributed by atoms with Crippen LogP contribution in [0.1, 0.15) is 20.8 Å². The zero-order valence-electron chi connectivity index (χ0n) is 13.0. The van der Waals surface area contributed by atoms with E-state index in [0.29, 0.717) is 22.0 Å². The van der Waals surface area contributed by atoms with Crippen molar-refractivity contribution in [3.63, 3.8) is 0 Å². The molecule has 5 nitrogen and oxygen atoms in total. The van der Waals surface area contributed by atoms with Crippen molar-refractivity contribution >= 4 is 29.2 Å². The van der Waals surface area contributed by atoms with Gasteiger partial charge in [0.2, 0.25) is 0 Å². The summed E-state index contributed by atoms with van der Waals surface area (Å²) in [6.07, 6.45) is 1.43. The Morgan fingerprint density at radius 3 is 2.36 bits per heavy atom. The number of rotatable bonds is 4. The molecule has 0 aliphatic heterocycles. The number of hydrogen-bond donors (Lipinski definition) is 1. The van der Waals surface area contributed by atoms with Crippen LogP contribution in [0.15, 0.2) is 72.9 Å². The highest BCUT2D eigenvalue weighted by Crippen LogP contribution is 2.18. The van der Waals surface area contributed by atoms with Gasteiger partial charge in [-0.25, -0.2) is 9.78 Å². The number of benzene rings is 2. The van der Waals surface area contributed by atoms with Crippen LogP contribution < -0.4 is 10.1 Å². The predicted molar refractivity (Wildman–Crippen MR) is 95.0 cm³/mol. The second kappa shape index (κ2) is 7.59. The molecule has 124 valence electrons. The van der Waals surface area contributed by atoms with E-state index in [4.69, 9.17) is 16.3 Å². The molecule has 25 heavy (non-hydrogen) atoms. The molecular formula is C19H13ClN2O3. The molecule has 1 amide bonds. The molecule has 0 spiro atoms. The van der Waals surface area contributed by atoms with Gasteiger partial charge in [0.1, 0.15) is 11.4 Å². The lowest BCUT2D eigenvalue weighted by molar-refractivity contribution is 0.0728. The molecule has 1 heterocycles. The van der Waals surface area contributed by atoms with Gasteiger partial charge in [0.15, 0.2) is 0 Å². The highest BCUT2D eigenvalue weighted by Gasteiger charge is 2.11. The van der Waals surface area contributed by atoms with Crippen LogP contribution >= 0.6 is 11.6 Å². The zero-order valence-corrected chi connectivity index (χ0v) is 13.7. The molecule has 2 aromatic carbocycles. The molecule has 3 rings (SSSR count). The number of esters is 1. The average Bonchev–Trinajstić information content (AvgIpc) is 2.64. The van der Waals surface area contributed by atoms with Crippen molar-refractivity contribution in [2.45, 2.75) is 0 Å². The van der Waals surface area contributed by atoms with Crippen molar-refractivity contribution in [1.29, 1.82) is 0 Å². The Hall–Kier alpha value is -3.18. The molecule has 6 heteroatoms. The summed E-state index contributed by atoms with van der Waals surface area (Å²) in [5.41, 5.74) is 1.27. The number of aromatic nitrogens is 1. The Kier molecular flexibility index (Phi) is 5.06. The number of ether oxygens (including phenoxy) is 1. The standard InChI is InChI=1S/C19H13ClN2O3/c20-14-10-11-21-17(12-14)19(24)25-16-8-6-15(7-9-16)22-18(23)13-4-2-1-3-5-13/h1-12H,(H,22,23). The summed E-state index contributed by atoms with van der Waals surface area (Å²) < 4.78 is 5.23. The Labute approximate surface area is 149 Å². The third kappa shape index (κ3) is 4.43. The number of nitrogens with zero attached hydrogens (tertiary/aromatic N) is 1. The van der Waals surface area contributed by atoms with Crippen LogP contribution in [0.4, 0.5) is 5.69 Å². The quantitative estimate of drug-likeness (QED) is 0.564. The average molecular weight is 353 g/mol. The number of nitrogens with one attached hydrogen (secondary N) is 1. The van der Waals surface area contributed by atoms with Crippen molar-refractivity contribution in [3.8, 4) is 5.75 Å². The van der Waals surface area contributed by atoms with Gasteiger partial charge < -0.3 is 10.1 Å². The van der Waals surface area contributed by atoms with Gasteiger partial charge in [0.25, 0.3) is 5.91 Å². The van der Waals surface area contributed by atoms with E-state index in [2.05, 4.69) is 10.3 Å². The lowest BCUT2D eigenvalue weighted by atomic mass is 10.2. The number of carbonyl (C=O) groups is 2. The van der Waals surface area contributed by atoms with Gasteiger partial charge in [-0.15, -0.1) is 0 Å². The van der Waals surface area contributed by atoms with E-state index in [0.717, 1.165) is 0 Å². The first-order valence-corrected chi connectivity index (χ1v) is 7.80. The monoisotopic (exact) mass is 352 g/mol. The highest BCUT2D eigenvalue weighted by molar-refractivity contribution is 6.30. The second-order valence-corrected chi connectivity index (χ2v) is 5.53. The Balaban J connectivity index is 1.64. The van der Waals surface area contributed by atoms with Crippen LogP contribution in [0.25, 0.3) is 0 Å². The lowest BCUT2D eigenvalue weighted by Crippen LogP contribution is -2.12. The minimum atomic E-state index is -0.608. The van der Waals surface area contributed by atoms with Crippen LogP contribution in [0.2, 0.25) is 5.02 Å². The smallest absolute Gasteiger partial charge is 0.362 e. The molecular weight excluding hydrogens is 340 g/mol. The fraction of sp³-hybridized carbons (Fsp3) is 0. The Morgan fingerprint density at radius 1 is 0.960 bits per heavy atom. The van der Waals surface area contributed by atoms with Gasteiger partial charge >= 0.3 is 5.97 Å². The largest absolute Gasteiger partial charge is 0.422 e. The number of carbonyl (C=O) groups excluding carboxylic acids is 2. The van der Waals surface area contributed by atoms with Crippen LogP contribution in [-0.4, -0.2) is 16.9 Å². The van der Waals surface area contributed by atoms with Crippen LogP contribution in [0.3, 0.4) is 0 Å². The topological polar surface area (TPSA) is 68.3 Å². The van der Waals surface area contributed by atoms with Crippen molar-refractivity contribution in [1.82, 2.24) is 4.98 Å². The van der Waals surface area contributed by atoms with E-state index >= 15 is 0 Å². The summed E-state index contributed by atoms with van der Waals surface area (Å²) in [6.45, 7) is 0. The van der Waals surface area contributed by atoms with Crippen molar-refractivity contribution in [2.24, 2.45) is 0 Å². The maximum absolute atomic E-state index is 12.1. The van der Waals surface area contributed by atoms with E-state index in [1.54, 1.807) is 54.6 Å². The third-order valence-electron chi connectivity index (χ3n) is 3.29. The normalized spacial score (nSPS) is 10.1. The second-order valence-electron chi connectivity index (χ2n) is 5.09. The number of halogens is 1. The fourth-order valence-electron chi connectivity index (χ4n) is 2.07. The molecule has 0 fully saturated rings. The Bertz CT molecular complexity index is 896. The van der Waals surface area contributed by atoms with Crippen LogP contribution in [-0.2, 0) is 0 Å². The summed E-state index contributed by atoms with van der Waals surface area (Å²) in [5.74, 6) is -0.485. The van der Waals surface area contributed by atoms with Gasteiger partial charge in [-0.05, 0) is 48.5 Å². The van der Waals surface area contributed by atoms with Gasteiger partial charge in [0.05, 0.1) is 0 Å². The minimum Gasteiger partial charge on any atom is -0.422 e. The van der Waals surface area contributed by atoms with Crippen molar-refractivity contribution in [3.05, 3.63) is 89.2 Å². The summed E-state index contributed by atoms with van der Waals surface area (Å²) in [5, 5.41) is 3.17. The maximum atomic E-state index is 12.1. The van der Waals surface area contributed by atoms with Crippen LogP contribution in [0, 0.1) is 0 Å². The molecule has 0 bridgehead atoms. The van der Waals surface area contributed by atoms with E-state index in [-0.39, 0.29) is 11.6 Å². The van der Waals surface area contributed by atoms with E-state index in [9.17, 15) is 9.59 Å². The predicted octanol–water partition coefficient (Wildman–Crippen LogP) is 4.21. The molecule has 3 aromatic rings. The number of pyridine rings is 1. The Morgan fingerprint density at radius 2 is 1.68 bits per heavy atom. The number of hydrogen-bond acceptors (Lipinski definition) is 4. The molecule has 0 aliphatic rings. The van der Waals surface area contributed by atoms with Gasteiger partial charge in [0, 0.05) is 22.5 Å². The molecule has 0 unspecified atom stereocenters. The SMILES string of the molecule is O=C(Nc1ccc(OC(=O)c2cc(Cl)ccn2)cc1)c1ccccc1. The lowest BCUT2D eigenvalue weighted by Gasteiger charge is -2.07. The third-order valence-corrected chi connectivity index (χ3v) is 3.52. The first-order valence-electron chi connectivity index (χ1n) is 7.42. The zero-order chi connectivity index (χ0) is 17.6. The molecule has 0 atom stereocenters. The first kappa shape index (κ1) is 16.7. The number of amides is 1. The fourth-order valence-corrected chi connectivity index (χ4v) is 2.23. The summed E-state index contributed by atoms with van der Waals surface area (Å²) in [7, 11) is 0. The van der Waals surface area contributed by atoms with Crippen LogP contribution in [0.5, 0.6) is 5.75 Å². The molecule has 1 aromatic heterocycles. The molecule has 0 aliphatic carbocycles. The summed E-state index contributed by atoms with van der Waals surface area (Å²) in [6, 6.07) is 18.3. The van der Waals surface area contributed by atoms with Gasteiger partial charge in [-0.1, -0.05) is 29.8 Å². The number of anilines is 1.